The van der Waals surface area contributed by atoms with Crippen molar-refractivity contribution in [3.8, 4) is 0 Å². The SMILES string of the molecule is COC(=O)[C@H](C)NC1c2ccccc2CCC1(C)C. The molecule has 1 aromatic carbocycles. The molecule has 0 fully saturated rings. The first-order valence-electron chi connectivity index (χ1n) is 6.87. The molecule has 19 heavy (non-hydrogen) atoms. The molecule has 1 aromatic rings. The van der Waals surface area contributed by atoms with Gasteiger partial charge < -0.3 is 4.74 Å². The lowest BCUT2D eigenvalue weighted by Gasteiger charge is -2.41. The number of benzene rings is 1. The van der Waals surface area contributed by atoms with E-state index in [0.717, 1.165) is 12.8 Å². The molecule has 0 saturated carbocycles. The van der Waals surface area contributed by atoms with Crippen LogP contribution in [0.4, 0.5) is 0 Å². The van der Waals surface area contributed by atoms with Crippen molar-refractivity contribution in [3.05, 3.63) is 35.4 Å². The number of carbonyl (C=O) groups excluding carboxylic acids is 1. The topological polar surface area (TPSA) is 38.3 Å². The molecular weight excluding hydrogens is 238 g/mol. The Kier molecular flexibility index (Phi) is 3.95. The van der Waals surface area contributed by atoms with Crippen molar-refractivity contribution in [3.63, 3.8) is 0 Å². The Morgan fingerprint density at radius 3 is 2.79 bits per heavy atom. The summed E-state index contributed by atoms with van der Waals surface area (Å²) in [5.74, 6) is -0.209. The Hall–Kier alpha value is -1.35. The van der Waals surface area contributed by atoms with E-state index in [1.807, 2.05) is 6.92 Å². The van der Waals surface area contributed by atoms with Crippen molar-refractivity contribution in [2.24, 2.45) is 5.41 Å². The standard InChI is InChI=1S/C16H23NO2/c1-11(15(18)19-4)17-14-13-8-6-5-7-12(13)9-10-16(14,2)3/h5-8,11,14,17H,9-10H2,1-4H3/t11-,14?/m0/s1. The van der Waals surface area contributed by atoms with Gasteiger partial charge in [-0.3, -0.25) is 10.1 Å². The van der Waals surface area contributed by atoms with Crippen LogP contribution >= 0.6 is 0 Å². The monoisotopic (exact) mass is 261 g/mol. The molecule has 0 amide bonds. The maximum Gasteiger partial charge on any atom is 0.322 e. The van der Waals surface area contributed by atoms with Gasteiger partial charge in [0, 0.05) is 6.04 Å². The second kappa shape index (κ2) is 5.33. The molecule has 1 N–H and O–H groups in total. The zero-order valence-corrected chi connectivity index (χ0v) is 12.2. The normalized spacial score (nSPS) is 22.4. The Labute approximate surface area is 115 Å². The lowest BCUT2D eigenvalue weighted by molar-refractivity contribution is -0.143. The van der Waals surface area contributed by atoms with Crippen LogP contribution in [0.5, 0.6) is 0 Å². The molecule has 0 spiro atoms. The lowest BCUT2D eigenvalue weighted by Crippen LogP contribution is -2.45. The number of methoxy groups -OCH3 is 1. The predicted molar refractivity (Wildman–Crippen MR) is 75.9 cm³/mol. The van der Waals surface area contributed by atoms with Crippen molar-refractivity contribution in [2.75, 3.05) is 7.11 Å². The van der Waals surface area contributed by atoms with Crippen molar-refractivity contribution in [1.29, 1.82) is 0 Å². The molecule has 1 aliphatic carbocycles. The quantitative estimate of drug-likeness (QED) is 0.850. The maximum absolute atomic E-state index is 11.6. The molecule has 2 atom stereocenters. The molecule has 0 saturated heterocycles. The molecule has 3 heteroatoms. The van der Waals surface area contributed by atoms with Gasteiger partial charge in [0.15, 0.2) is 0 Å². The third-order valence-corrected chi connectivity index (χ3v) is 4.16. The van der Waals surface area contributed by atoms with E-state index in [2.05, 4.69) is 43.4 Å². The van der Waals surface area contributed by atoms with Crippen LogP contribution in [0.3, 0.4) is 0 Å². The van der Waals surface area contributed by atoms with Gasteiger partial charge in [-0.25, -0.2) is 0 Å². The summed E-state index contributed by atoms with van der Waals surface area (Å²) in [5.41, 5.74) is 2.84. The number of carbonyl (C=O) groups is 1. The highest BCUT2D eigenvalue weighted by Crippen LogP contribution is 2.43. The van der Waals surface area contributed by atoms with Gasteiger partial charge >= 0.3 is 5.97 Å². The van der Waals surface area contributed by atoms with Gasteiger partial charge in [-0.1, -0.05) is 38.1 Å². The molecule has 0 heterocycles. The first-order chi connectivity index (χ1) is 8.95. The summed E-state index contributed by atoms with van der Waals surface area (Å²) >= 11 is 0. The van der Waals surface area contributed by atoms with Crippen LogP contribution in [0.15, 0.2) is 24.3 Å². The first kappa shape index (κ1) is 14.1. The van der Waals surface area contributed by atoms with Crippen molar-refractivity contribution in [2.45, 2.75) is 45.7 Å². The third kappa shape index (κ3) is 2.81. The van der Waals surface area contributed by atoms with Crippen molar-refractivity contribution in [1.82, 2.24) is 5.32 Å². The molecule has 104 valence electrons. The minimum Gasteiger partial charge on any atom is -0.468 e. The van der Waals surface area contributed by atoms with Gasteiger partial charge in [0.1, 0.15) is 6.04 Å². The van der Waals surface area contributed by atoms with Gasteiger partial charge in [0.05, 0.1) is 7.11 Å². The second-order valence-electron chi connectivity index (χ2n) is 6.03. The fraction of sp³-hybridized carbons (Fsp3) is 0.562. The van der Waals surface area contributed by atoms with Crippen molar-refractivity contribution >= 4 is 5.97 Å². The number of esters is 1. The molecule has 0 aliphatic heterocycles. The molecule has 1 unspecified atom stereocenters. The van der Waals surface area contributed by atoms with E-state index in [-0.39, 0.29) is 23.5 Å². The lowest BCUT2D eigenvalue weighted by atomic mass is 9.70. The number of nitrogens with one attached hydrogen (secondary N) is 1. The Morgan fingerprint density at radius 1 is 1.42 bits per heavy atom. The third-order valence-electron chi connectivity index (χ3n) is 4.16. The molecule has 1 aliphatic rings. The summed E-state index contributed by atoms with van der Waals surface area (Å²) in [7, 11) is 1.43. The molecule has 0 aromatic heterocycles. The Morgan fingerprint density at radius 2 is 2.11 bits per heavy atom. The molecule has 0 radical (unpaired) electrons. The van der Waals surface area contributed by atoms with Crippen LogP contribution in [-0.4, -0.2) is 19.1 Å². The van der Waals surface area contributed by atoms with Gasteiger partial charge in [-0.15, -0.1) is 0 Å². The molecular formula is C16H23NO2. The number of aryl methyl sites for hydroxylation is 1. The van der Waals surface area contributed by atoms with Gasteiger partial charge in [-0.2, -0.15) is 0 Å². The first-order valence-corrected chi connectivity index (χ1v) is 6.87. The van der Waals surface area contributed by atoms with Crippen LogP contribution in [0, 0.1) is 5.41 Å². The summed E-state index contributed by atoms with van der Waals surface area (Å²) < 4.78 is 4.81. The summed E-state index contributed by atoms with van der Waals surface area (Å²) in [6.45, 7) is 6.37. The van der Waals surface area contributed by atoms with Crippen LogP contribution < -0.4 is 5.32 Å². The van der Waals surface area contributed by atoms with Crippen LogP contribution in [0.25, 0.3) is 0 Å². The zero-order chi connectivity index (χ0) is 14.0. The zero-order valence-electron chi connectivity index (χ0n) is 12.2. The van der Waals surface area contributed by atoms with Crippen molar-refractivity contribution < 1.29 is 9.53 Å². The van der Waals surface area contributed by atoms with E-state index in [1.165, 1.54) is 18.2 Å². The number of fused-ring (bicyclic) bond motifs is 1. The van der Waals surface area contributed by atoms with Gasteiger partial charge in [-0.05, 0) is 36.3 Å². The Bertz CT molecular complexity index is 468. The largest absolute Gasteiger partial charge is 0.468 e. The average Bonchev–Trinajstić information content (AvgIpc) is 2.41. The van der Waals surface area contributed by atoms with Gasteiger partial charge in [0.2, 0.25) is 0 Å². The summed E-state index contributed by atoms with van der Waals surface area (Å²) in [6.07, 6.45) is 2.23. The van der Waals surface area contributed by atoms with E-state index >= 15 is 0 Å². The van der Waals surface area contributed by atoms with Gasteiger partial charge in [0.25, 0.3) is 0 Å². The molecule has 3 nitrogen and oxygen atoms in total. The van der Waals surface area contributed by atoms with Crippen LogP contribution in [-0.2, 0) is 16.0 Å². The highest BCUT2D eigenvalue weighted by Gasteiger charge is 2.37. The van der Waals surface area contributed by atoms with E-state index in [9.17, 15) is 4.79 Å². The minimum atomic E-state index is -0.291. The molecule has 2 rings (SSSR count). The summed E-state index contributed by atoms with van der Waals surface area (Å²) in [4.78, 5) is 11.6. The smallest absolute Gasteiger partial charge is 0.322 e. The number of ether oxygens (including phenoxy) is 1. The van der Waals surface area contributed by atoms with E-state index in [4.69, 9.17) is 4.74 Å². The maximum atomic E-state index is 11.6. The summed E-state index contributed by atoms with van der Waals surface area (Å²) in [5, 5.41) is 3.44. The molecule has 0 bridgehead atoms. The number of rotatable bonds is 3. The fourth-order valence-electron chi connectivity index (χ4n) is 2.88. The second-order valence-corrected chi connectivity index (χ2v) is 6.03. The Balaban J connectivity index is 2.28. The highest BCUT2D eigenvalue weighted by molar-refractivity contribution is 5.75. The highest BCUT2D eigenvalue weighted by atomic mass is 16.5. The van der Waals surface area contributed by atoms with E-state index in [0.29, 0.717) is 0 Å². The fourth-order valence-corrected chi connectivity index (χ4v) is 2.88. The average molecular weight is 261 g/mol. The summed E-state index contributed by atoms with van der Waals surface area (Å²) in [6, 6.07) is 8.39. The van der Waals surface area contributed by atoms with Crippen LogP contribution in [0.1, 0.15) is 44.4 Å². The predicted octanol–water partition coefficient (Wildman–Crippen LogP) is 2.85. The van der Waals surface area contributed by atoms with E-state index < -0.39 is 0 Å². The van der Waals surface area contributed by atoms with Crippen LogP contribution in [0.2, 0.25) is 0 Å². The number of hydrogen-bond acceptors (Lipinski definition) is 3. The minimum absolute atomic E-state index is 0.136. The number of hydrogen-bond donors (Lipinski definition) is 1. The van der Waals surface area contributed by atoms with E-state index in [1.54, 1.807) is 0 Å².